The average molecular weight is 327 g/mol. The van der Waals surface area contributed by atoms with Crippen LogP contribution in [0.2, 0.25) is 0 Å². The summed E-state index contributed by atoms with van der Waals surface area (Å²) in [4.78, 5) is -0.844. The first-order chi connectivity index (χ1) is 10.4. The van der Waals surface area contributed by atoms with Crippen LogP contribution in [0, 0.1) is 35.3 Å². The third-order valence-corrected chi connectivity index (χ3v) is 7.22. The summed E-state index contributed by atoms with van der Waals surface area (Å²) in [5, 5.41) is 0. The Morgan fingerprint density at radius 1 is 0.909 bits per heavy atom. The van der Waals surface area contributed by atoms with Gasteiger partial charge in [0.15, 0.2) is 4.90 Å². The zero-order valence-electron chi connectivity index (χ0n) is 12.1. The predicted octanol–water partition coefficient (Wildman–Crippen LogP) is 3.07. The van der Waals surface area contributed by atoms with Crippen LogP contribution in [0.5, 0.6) is 0 Å². The van der Waals surface area contributed by atoms with Crippen LogP contribution in [-0.2, 0) is 10.0 Å². The Morgan fingerprint density at radius 2 is 1.41 bits per heavy atom. The Bertz CT molecular complexity index is 656. The van der Waals surface area contributed by atoms with Crippen LogP contribution in [0.3, 0.4) is 0 Å². The molecule has 1 N–H and O–H groups in total. The molecule has 0 unspecified atom stereocenters. The lowest BCUT2D eigenvalue weighted by atomic mass is 9.54. The van der Waals surface area contributed by atoms with Gasteiger partial charge in [-0.15, -0.1) is 0 Å². The van der Waals surface area contributed by atoms with Crippen molar-refractivity contribution in [2.24, 2.45) is 23.7 Å². The maximum Gasteiger partial charge on any atom is 0.246 e. The molecule has 4 fully saturated rings. The molecule has 0 heterocycles. The van der Waals surface area contributed by atoms with Gasteiger partial charge < -0.3 is 0 Å². The van der Waals surface area contributed by atoms with Gasteiger partial charge in [-0.25, -0.2) is 21.9 Å². The van der Waals surface area contributed by atoms with E-state index in [-0.39, 0.29) is 6.04 Å². The van der Waals surface area contributed by atoms with Crippen molar-refractivity contribution in [3.8, 4) is 0 Å². The van der Waals surface area contributed by atoms with Gasteiger partial charge >= 0.3 is 0 Å². The highest BCUT2D eigenvalue weighted by Gasteiger charge is 2.49. The largest absolute Gasteiger partial charge is 0.246 e. The molecule has 4 aliphatic carbocycles. The van der Waals surface area contributed by atoms with Crippen LogP contribution < -0.4 is 4.72 Å². The number of rotatable bonds is 3. The minimum atomic E-state index is -4.17. The summed E-state index contributed by atoms with van der Waals surface area (Å²) in [5.74, 6) is 0.0104. The maximum absolute atomic E-state index is 13.8. The molecule has 6 heteroatoms. The SMILES string of the molecule is O=S(=O)(NC1C2CC3CC(C2)CC1C3)c1c(F)cccc1F. The quantitative estimate of drug-likeness (QED) is 0.927. The minimum absolute atomic E-state index is 0.170. The predicted molar refractivity (Wildman–Crippen MR) is 77.5 cm³/mol. The molecular formula is C16H19F2NO2S. The topological polar surface area (TPSA) is 46.2 Å². The fourth-order valence-corrected chi connectivity index (χ4v) is 6.61. The number of halogens is 2. The van der Waals surface area contributed by atoms with Crippen LogP contribution in [-0.4, -0.2) is 14.5 Å². The number of hydrogen-bond donors (Lipinski definition) is 1. The highest BCUT2D eigenvalue weighted by atomic mass is 32.2. The second kappa shape index (κ2) is 4.99. The summed E-state index contributed by atoms with van der Waals surface area (Å²) >= 11 is 0. The molecule has 0 saturated heterocycles. The average Bonchev–Trinajstić information content (AvgIpc) is 2.41. The summed E-state index contributed by atoms with van der Waals surface area (Å²) < 4.78 is 55.2. The number of hydrogen-bond acceptors (Lipinski definition) is 2. The summed E-state index contributed by atoms with van der Waals surface area (Å²) in [5.41, 5.74) is 0. The molecule has 4 saturated carbocycles. The first kappa shape index (κ1) is 14.6. The Morgan fingerprint density at radius 3 is 1.91 bits per heavy atom. The van der Waals surface area contributed by atoms with E-state index in [4.69, 9.17) is 0 Å². The van der Waals surface area contributed by atoms with E-state index in [2.05, 4.69) is 4.72 Å². The van der Waals surface area contributed by atoms with Gasteiger partial charge in [-0.3, -0.25) is 0 Å². The van der Waals surface area contributed by atoms with Gasteiger partial charge in [0, 0.05) is 6.04 Å². The third kappa shape index (κ3) is 2.27. The number of benzene rings is 1. The zero-order chi connectivity index (χ0) is 15.5. The van der Waals surface area contributed by atoms with E-state index < -0.39 is 26.6 Å². The highest BCUT2D eigenvalue weighted by Crippen LogP contribution is 2.53. The monoisotopic (exact) mass is 327 g/mol. The molecule has 22 heavy (non-hydrogen) atoms. The molecule has 0 radical (unpaired) electrons. The van der Waals surface area contributed by atoms with Gasteiger partial charge in [0.1, 0.15) is 11.6 Å². The molecule has 1 aromatic rings. The zero-order valence-corrected chi connectivity index (χ0v) is 13.0. The lowest BCUT2D eigenvalue weighted by Gasteiger charge is -2.54. The fraction of sp³-hybridized carbons (Fsp3) is 0.625. The molecule has 1 aromatic carbocycles. The van der Waals surface area contributed by atoms with Crippen LogP contribution in [0.25, 0.3) is 0 Å². The van der Waals surface area contributed by atoms with Crippen LogP contribution >= 0.6 is 0 Å². The molecule has 3 nitrogen and oxygen atoms in total. The summed E-state index contributed by atoms with van der Waals surface area (Å²) in [6.45, 7) is 0. The van der Waals surface area contributed by atoms with Crippen molar-refractivity contribution in [1.29, 1.82) is 0 Å². The second-order valence-electron chi connectivity index (χ2n) is 7.13. The summed E-state index contributed by atoms with van der Waals surface area (Å²) in [6, 6.07) is 2.96. The molecule has 0 amide bonds. The van der Waals surface area contributed by atoms with Gasteiger partial charge in [0.05, 0.1) is 0 Å². The standard InChI is InChI=1S/C16H19F2NO2S/c17-13-2-1-3-14(18)16(13)22(20,21)19-15-11-5-9-4-10(7-11)8-12(15)6-9/h1-3,9-12,15,19H,4-8H2. The van der Waals surface area contributed by atoms with Gasteiger partial charge in [0.2, 0.25) is 10.0 Å². The molecule has 0 aromatic heterocycles. The van der Waals surface area contributed by atoms with Crippen LogP contribution in [0.15, 0.2) is 23.1 Å². The van der Waals surface area contributed by atoms with E-state index in [0.717, 1.165) is 37.8 Å². The Hall–Kier alpha value is -1.01. The summed E-state index contributed by atoms with van der Waals surface area (Å²) in [6.07, 6.45) is 5.44. The number of sulfonamides is 1. The molecule has 0 aliphatic heterocycles. The first-order valence-corrected chi connectivity index (χ1v) is 9.38. The molecular weight excluding hydrogens is 308 g/mol. The van der Waals surface area contributed by atoms with Gasteiger partial charge in [-0.05, 0) is 67.9 Å². The van der Waals surface area contributed by atoms with E-state index in [0.29, 0.717) is 23.7 Å². The van der Waals surface area contributed by atoms with Gasteiger partial charge in [-0.2, -0.15) is 0 Å². The van der Waals surface area contributed by atoms with Crippen molar-refractivity contribution >= 4 is 10.0 Å². The van der Waals surface area contributed by atoms with Crippen molar-refractivity contribution in [1.82, 2.24) is 4.72 Å². The summed E-state index contributed by atoms with van der Waals surface area (Å²) in [7, 11) is -4.17. The van der Waals surface area contributed by atoms with Crippen molar-refractivity contribution in [3.05, 3.63) is 29.8 Å². The molecule has 4 aliphatic rings. The second-order valence-corrected chi connectivity index (χ2v) is 8.78. The maximum atomic E-state index is 13.8. The molecule has 0 spiro atoms. The van der Waals surface area contributed by atoms with Crippen LogP contribution in [0.1, 0.15) is 32.1 Å². The fourth-order valence-electron chi connectivity index (χ4n) is 5.09. The van der Waals surface area contributed by atoms with Crippen molar-refractivity contribution in [2.45, 2.75) is 43.0 Å². The highest BCUT2D eigenvalue weighted by molar-refractivity contribution is 7.89. The van der Waals surface area contributed by atoms with Gasteiger partial charge in [-0.1, -0.05) is 6.07 Å². The van der Waals surface area contributed by atoms with E-state index in [9.17, 15) is 17.2 Å². The lowest BCUT2D eigenvalue weighted by Crippen LogP contribution is -2.55. The van der Waals surface area contributed by atoms with E-state index in [1.54, 1.807) is 0 Å². The normalized spacial score (nSPS) is 36.7. The van der Waals surface area contributed by atoms with Crippen molar-refractivity contribution in [3.63, 3.8) is 0 Å². The van der Waals surface area contributed by atoms with Crippen molar-refractivity contribution in [2.75, 3.05) is 0 Å². The van der Waals surface area contributed by atoms with E-state index >= 15 is 0 Å². The molecule has 0 atom stereocenters. The van der Waals surface area contributed by atoms with E-state index in [1.165, 1.54) is 12.5 Å². The Kier molecular flexibility index (Phi) is 3.31. The molecule has 5 rings (SSSR count). The third-order valence-electron chi connectivity index (χ3n) is 5.71. The molecule has 4 bridgehead atoms. The van der Waals surface area contributed by atoms with Crippen LogP contribution in [0.4, 0.5) is 8.78 Å². The number of nitrogens with one attached hydrogen (secondary N) is 1. The van der Waals surface area contributed by atoms with Crippen molar-refractivity contribution < 1.29 is 17.2 Å². The Labute approximate surface area is 129 Å². The smallest absolute Gasteiger partial charge is 0.207 e. The lowest BCUT2D eigenvalue weighted by molar-refractivity contribution is -0.00561. The first-order valence-electron chi connectivity index (χ1n) is 7.90. The van der Waals surface area contributed by atoms with E-state index in [1.807, 2.05) is 0 Å². The minimum Gasteiger partial charge on any atom is -0.207 e. The molecule has 120 valence electrons. The van der Waals surface area contributed by atoms with Gasteiger partial charge in [0.25, 0.3) is 0 Å². The Balaban J connectivity index is 1.63.